The molecule has 5 N–H and O–H groups in total. The first kappa shape index (κ1) is 55.7. The minimum Gasteiger partial charge on any atom is -0.466 e. The topological polar surface area (TPSA) is 160 Å². The van der Waals surface area contributed by atoms with Gasteiger partial charge in [-0.2, -0.15) is 0 Å². The van der Waals surface area contributed by atoms with Crippen molar-refractivity contribution in [2.24, 2.45) is 0 Å². The van der Waals surface area contributed by atoms with Gasteiger partial charge in [0.05, 0.1) is 56.1 Å². The van der Waals surface area contributed by atoms with Gasteiger partial charge in [0.2, 0.25) is 0 Å². The molecule has 0 aromatic carbocycles. The molecule has 0 saturated carbocycles. The van der Waals surface area contributed by atoms with Crippen molar-refractivity contribution in [1.29, 1.82) is 0 Å². The van der Waals surface area contributed by atoms with E-state index in [0.717, 1.165) is 116 Å². The highest BCUT2D eigenvalue weighted by molar-refractivity contribution is 5.74. The number of hydrogen-bond donors (Lipinski definition) is 5. The molecular formula is C46H92N2O9. The van der Waals surface area contributed by atoms with Crippen LogP contribution in [0.3, 0.4) is 0 Å². The van der Waals surface area contributed by atoms with Crippen LogP contribution in [0.15, 0.2) is 0 Å². The van der Waals surface area contributed by atoms with E-state index in [4.69, 9.17) is 9.47 Å². The molecule has 57 heavy (non-hydrogen) atoms. The Balaban J connectivity index is 4.64. The molecule has 0 fully saturated rings. The number of hydrogen-bond acceptors (Lipinski definition) is 11. The Morgan fingerprint density at radius 1 is 0.456 bits per heavy atom. The fourth-order valence-electron chi connectivity index (χ4n) is 7.33. The summed E-state index contributed by atoms with van der Waals surface area (Å²) in [5, 5.41) is 53.5. The van der Waals surface area contributed by atoms with Crippen molar-refractivity contribution < 1.29 is 44.6 Å². The summed E-state index contributed by atoms with van der Waals surface area (Å²) in [5.74, 6) is -1.15. The average molecular weight is 817 g/mol. The number of aliphatic hydroxyl groups is 5. The number of carbonyl (C=O) groups excluding carboxylic acids is 2. The van der Waals surface area contributed by atoms with E-state index in [0.29, 0.717) is 52.1 Å². The van der Waals surface area contributed by atoms with Gasteiger partial charge in [-0.1, -0.05) is 130 Å². The van der Waals surface area contributed by atoms with Gasteiger partial charge in [0.1, 0.15) is 0 Å². The fraction of sp³-hybridized carbons (Fsp3) is 0.957. The lowest BCUT2D eigenvalue weighted by molar-refractivity contribution is -0.154. The van der Waals surface area contributed by atoms with Gasteiger partial charge in [0, 0.05) is 26.2 Å². The molecule has 0 rings (SSSR count). The van der Waals surface area contributed by atoms with Gasteiger partial charge in [-0.3, -0.25) is 19.4 Å². The first-order valence-corrected chi connectivity index (χ1v) is 23.6. The summed E-state index contributed by atoms with van der Waals surface area (Å²) in [6.45, 7) is 13.9. The smallest absolute Gasteiger partial charge is 0.308 e. The molecule has 4 unspecified atom stereocenters. The molecule has 0 aromatic rings. The van der Waals surface area contributed by atoms with Crippen molar-refractivity contribution >= 4 is 11.9 Å². The largest absolute Gasteiger partial charge is 0.466 e. The van der Waals surface area contributed by atoms with Gasteiger partial charge in [0.25, 0.3) is 0 Å². The Kier molecular flexibility index (Phi) is 36.8. The Bertz CT molecular complexity index is 814. The van der Waals surface area contributed by atoms with Crippen LogP contribution in [0.25, 0.3) is 0 Å². The molecule has 4 atom stereocenters. The molecule has 0 aliphatic heterocycles. The van der Waals surface area contributed by atoms with Crippen LogP contribution in [0.5, 0.6) is 0 Å². The molecule has 0 amide bonds. The Hall–Kier alpha value is -1.34. The molecule has 11 heteroatoms. The van der Waals surface area contributed by atoms with E-state index in [1.54, 1.807) is 0 Å². The van der Waals surface area contributed by atoms with E-state index in [9.17, 15) is 35.1 Å². The second-order valence-corrected chi connectivity index (χ2v) is 17.2. The molecule has 0 aliphatic rings. The number of ether oxygens (including phenoxy) is 2. The highest BCUT2D eigenvalue weighted by Gasteiger charge is 2.29. The molecule has 0 heterocycles. The molecule has 0 aliphatic carbocycles. The van der Waals surface area contributed by atoms with E-state index >= 15 is 0 Å². The molecule has 0 saturated heterocycles. The van der Waals surface area contributed by atoms with Crippen LogP contribution in [-0.4, -0.2) is 130 Å². The quantitative estimate of drug-likeness (QED) is 0.0299. The minimum atomic E-state index is -1.59. The fourth-order valence-corrected chi connectivity index (χ4v) is 7.33. The van der Waals surface area contributed by atoms with Crippen LogP contribution in [0.2, 0.25) is 0 Å². The summed E-state index contributed by atoms with van der Waals surface area (Å²) in [4.78, 5) is 29.4. The third-order valence-electron chi connectivity index (χ3n) is 10.8. The zero-order valence-corrected chi connectivity index (χ0v) is 37.6. The lowest BCUT2D eigenvalue weighted by Gasteiger charge is -2.27. The molecule has 0 aromatic heterocycles. The van der Waals surface area contributed by atoms with Gasteiger partial charge < -0.3 is 35.0 Å². The maximum absolute atomic E-state index is 12.6. The van der Waals surface area contributed by atoms with Crippen LogP contribution in [-0.2, 0) is 19.1 Å². The number of esters is 2. The van der Waals surface area contributed by atoms with E-state index in [-0.39, 0.29) is 26.1 Å². The maximum Gasteiger partial charge on any atom is 0.308 e. The first-order valence-electron chi connectivity index (χ1n) is 23.6. The lowest BCUT2D eigenvalue weighted by atomic mass is 9.98. The molecule has 0 radical (unpaired) electrons. The second kappa shape index (κ2) is 37.6. The van der Waals surface area contributed by atoms with Crippen molar-refractivity contribution in [3.63, 3.8) is 0 Å². The van der Waals surface area contributed by atoms with Crippen LogP contribution < -0.4 is 0 Å². The van der Waals surface area contributed by atoms with Crippen LogP contribution in [0, 0.1) is 0 Å². The Labute approximate surface area is 349 Å². The Morgan fingerprint density at radius 2 is 0.737 bits per heavy atom. The summed E-state index contributed by atoms with van der Waals surface area (Å²) < 4.78 is 10.8. The van der Waals surface area contributed by atoms with Gasteiger partial charge in [-0.05, 0) is 71.4 Å². The zero-order valence-electron chi connectivity index (χ0n) is 37.6. The summed E-state index contributed by atoms with van der Waals surface area (Å²) in [6, 6.07) is 0. The molecule has 340 valence electrons. The van der Waals surface area contributed by atoms with Crippen molar-refractivity contribution in [1.82, 2.24) is 9.80 Å². The lowest BCUT2D eigenvalue weighted by Crippen LogP contribution is -2.39. The SMILES string of the molecule is CCCCCCC(O)CN(CCCCOC(=O)CC(C)(O)CC(=O)OCCCCN(CC(O)CCCCCC)CC(O)CCCCCC)CC(O)CCCCCC. The third-order valence-corrected chi connectivity index (χ3v) is 10.8. The highest BCUT2D eigenvalue weighted by Crippen LogP contribution is 2.18. The summed E-state index contributed by atoms with van der Waals surface area (Å²) in [5.41, 5.74) is -1.59. The summed E-state index contributed by atoms with van der Waals surface area (Å²) >= 11 is 0. The number of aliphatic hydroxyl groups excluding tert-OH is 4. The standard InChI is InChI=1S/C46H92N2O9/c1-6-10-14-18-26-40(49)36-47(37-41(50)27-19-15-11-7-2)30-22-24-32-56-44(53)34-46(5,55)35-45(54)57-33-25-23-31-48(38-42(51)28-20-16-12-8-3)39-43(52)29-21-17-13-9-4/h40-43,49-52,55H,6-39H2,1-5H3. The van der Waals surface area contributed by atoms with Gasteiger partial charge in [-0.15, -0.1) is 0 Å². The average Bonchev–Trinajstić information content (AvgIpc) is 3.14. The highest BCUT2D eigenvalue weighted by atomic mass is 16.5. The number of unbranched alkanes of at least 4 members (excludes halogenated alkanes) is 14. The molecular weight excluding hydrogens is 725 g/mol. The van der Waals surface area contributed by atoms with Crippen molar-refractivity contribution in [2.45, 2.75) is 232 Å². The first-order chi connectivity index (χ1) is 27.3. The van der Waals surface area contributed by atoms with Crippen molar-refractivity contribution in [3.05, 3.63) is 0 Å². The predicted molar refractivity (Wildman–Crippen MR) is 232 cm³/mol. The molecule has 11 nitrogen and oxygen atoms in total. The Morgan fingerprint density at radius 3 is 1.00 bits per heavy atom. The number of carbonyl (C=O) groups is 2. The molecule has 0 bridgehead atoms. The predicted octanol–water partition coefficient (Wildman–Crippen LogP) is 8.09. The van der Waals surface area contributed by atoms with Crippen molar-refractivity contribution in [2.75, 3.05) is 52.5 Å². The van der Waals surface area contributed by atoms with E-state index < -0.39 is 42.0 Å². The van der Waals surface area contributed by atoms with Gasteiger partial charge >= 0.3 is 11.9 Å². The third kappa shape index (κ3) is 36.3. The summed E-state index contributed by atoms with van der Waals surface area (Å²) in [6.07, 6.45) is 21.1. The van der Waals surface area contributed by atoms with E-state index in [1.807, 2.05) is 0 Å². The van der Waals surface area contributed by atoms with E-state index in [2.05, 4.69) is 37.5 Å². The second-order valence-electron chi connectivity index (χ2n) is 17.2. The normalized spacial score (nSPS) is 15.1. The van der Waals surface area contributed by atoms with Crippen LogP contribution >= 0.6 is 0 Å². The molecule has 0 spiro atoms. The zero-order chi connectivity index (χ0) is 42.6. The van der Waals surface area contributed by atoms with E-state index in [1.165, 1.54) is 32.6 Å². The maximum atomic E-state index is 12.6. The number of rotatable bonds is 42. The van der Waals surface area contributed by atoms with Crippen LogP contribution in [0.1, 0.15) is 202 Å². The minimum absolute atomic E-state index is 0.190. The monoisotopic (exact) mass is 817 g/mol. The van der Waals surface area contributed by atoms with Crippen molar-refractivity contribution in [3.8, 4) is 0 Å². The summed E-state index contributed by atoms with van der Waals surface area (Å²) in [7, 11) is 0. The number of nitrogens with zero attached hydrogens (tertiary/aromatic N) is 2. The van der Waals surface area contributed by atoms with Gasteiger partial charge in [-0.25, -0.2) is 0 Å². The van der Waals surface area contributed by atoms with Gasteiger partial charge in [0.15, 0.2) is 0 Å². The van der Waals surface area contributed by atoms with Crippen LogP contribution in [0.4, 0.5) is 0 Å².